The number of hydrogen-bond acceptors (Lipinski definition) is 5. The van der Waals surface area contributed by atoms with Crippen LogP contribution >= 0.6 is 22.7 Å². The van der Waals surface area contributed by atoms with Crippen LogP contribution in [-0.2, 0) is 16.1 Å². The van der Waals surface area contributed by atoms with Gasteiger partial charge in [-0.1, -0.05) is 18.2 Å². The highest BCUT2D eigenvalue weighted by atomic mass is 32.1. The molecule has 1 aromatic carbocycles. The molecule has 0 saturated heterocycles. The maximum absolute atomic E-state index is 12.1. The third kappa shape index (κ3) is 4.82. The number of nitrogens with one attached hydrogen (secondary N) is 2. The fraction of sp³-hybridized carbons (Fsp3) is 0.200. The van der Waals surface area contributed by atoms with Crippen LogP contribution in [-0.4, -0.2) is 16.9 Å². The molecule has 1 atom stereocenters. The minimum Gasteiger partial charge on any atom is -0.382 e. The van der Waals surface area contributed by atoms with Crippen LogP contribution in [0.3, 0.4) is 0 Å². The van der Waals surface area contributed by atoms with Crippen molar-refractivity contribution in [1.82, 2.24) is 5.32 Å². The first-order valence-corrected chi connectivity index (χ1v) is 10.1. The van der Waals surface area contributed by atoms with Crippen LogP contribution in [0.1, 0.15) is 31.9 Å². The molecule has 0 radical (unpaired) electrons. The molecule has 0 bridgehead atoms. The highest BCUT2D eigenvalue weighted by Gasteiger charge is 2.17. The van der Waals surface area contributed by atoms with E-state index < -0.39 is 17.9 Å². The lowest BCUT2D eigenvalue weighted by Crippen LogP contribution is -2.34. The molecule has 0 saturated carbocycles. The van der Waals surface area contributed by atoms with Crippen molar-refractivity contribution in [2.75, 3.05) is 5.32 Å². The quantitative estimate of drug-likeness (QED) is 0.571. The van der Waals surface area contributed by atoms with E-state index in [1.165, 1.54) is 22.7 Å². The fourth-order valence-electron chi connectivity index (χ4n) is 2.52. The Hall–Kier alpha value is -2.48. The van der Waals surface area contributed by atoms with Gasteiger partial charge in [-0.15, -0.1) is 22.7 Å². The molecular weight excluding hydrogens is 380 g/mol. The molecule has 0 aliphatic carbocycles. The lowest BCUT2D eigenvalue weighted by atomic mass is 10.1. The number of rotatable bonds is 5. The topological polar surface area (TPSA) is 78.4 Å². The molecule has 1 unspecified atom stereocenters. The first-order chi connectivity index (χ1) is 12.9. The molecule has 3 rings (SSSR count). The summed E-state index contributed by atoms with van der Waals surface area (Å²) in [5.41, 5.74) is 2.53. The largest absolute Gasteiger partial charge is 0.382 e. The van der Waals surface area contributed by atoms with Crippen LogP contribution in [0.4, 0.5) is 5.69 Å². The summed E-state index contributed by atoms with van der Waals surface area (Å²) in [5.74, 6) is -1.39. The van der Waals surface area contributed by atoms with E-state index in [9.17, 15) is 14.7 Å². The van der Waals surface area contributed by atoms with Gasteiger partial charge < -0.3 is 15.7 Å². The summed E-state index contributed by atoms with van der Waals surface area (Å²) in [6, 6.07) is 13.1. The zero-order valence-electron chi connectivity index (χ0n) is 15.0. The van der Waals surface area contributed by atoms with Gasteiger partial charge in [0.05, 0.1) is 6.54 Å². The molecule has 140 valence electrons. The van der Waals surface area contributed by atoms with Gasteiger partial charge >= 0.3 is 11.8 Å². The van der Waals surface area contributed by atoms with Gasteiger partial charge in [-0.25, -0.2) is 0 Å². The second-order valence-corrected chi connectivity index (χ2v) is 8.36. The molecule has 3 N–H and O–H groups in total. The Kier molecular flexibility index (Phi) is 6.05. The molecule has 2 heterocycles. The summed E-state index contributed by atoms with van der Waals surface area (Å²) >= 11 is 2.91. The van der Waals surface area contributed by atoms with Crippen molar-refractivity contribution >= 4 is 40.2 Å². The van der Waals surface area contributed by atoms with E-state index in [0.29, 0.717) is 5.69 Å². The highest BCUT2D eigenvalue weighted by molar-refractivity contribution is 7.12. The average Bonchev–Trinajstić information content (AvgIpc) is 3.34. The van der Waals surface area contributed by atoms with Gasteiger partial charge in [0, 0.05) is 20.3 Å². The van der Waals surface area contributed by atoms with E-state index in [4.69, 9.17) is 0 Å². The zero-order chi connectivity index (χ0) is 19.4. The third-order valence-corrected chi connectivity index (χ3v) is 6.10. The van der Waals surface area contributed by atoms with Gasteiger partial charge in [0.25, 0.3) is 0 Å². The predicted molar refractivity (Wildman–Crippen MR) is 109 cm³/mol. The second kappa shape index (κ2) is 8.47. The second-order valence-electron chi connectivity index (χ2n) is 6.18. The number of aryl methyl sites for hydroxylation is 2. The van der Waals surface area contributed by atoms with Crippen LogP contribution in [0.5, 0.6) is 0 Å². The van der Waals surface area contributed by atoms with Gasteiger partial charge in [-0.3, -0.25) is 9.59 Å². The molecular formula is C20H20N2O3S2. The normalized spacial score (nSPS) is 11.8. The summed E-state index contributed by atoms with van der Waals surface area (Å²) in [5, 5.41) is 17.5. The molecule has 0 aliphatic heterocycles. The van der Waals surface area contributed by atoms with Crippen LogP contribution in [0.15, 0.2) is 47.8 Å². The Morgan fingerprint density at radius 1 is 1.07 bits per heavy atom. The van der Waals surface area contributed by atoms with Crippen molar-refractivity contribution in [1.29, 1.82) is 0 Å². The van der Waals surface area contributed by atoms with Crippen molar-refractivity contribution < 1.29 is 14.7 Å². The number of carbonyl (C=O) groups excluding carboxylic acids is 2. The van der Waals surface area contributed by atoms with E-state index in [1.807, 2.05) is 61.7 Å². The molecule has 2 aromatic heterocycles. The molecule has 2 amide bonds. The minimum absolute atomic E-state index is 0.237. The van der Waals surface area contributed by atoms with Crippen molar-refractivity contribution in [2.45, 2.75) is 26.5 Å². The summed E-state index contributed by atoms with van der Waals surface area (Å²) in [4.78, 5) is 26.7. The van der Waals surface area contributed by atoms with Crippen LogP contribution in [0.25, 0.3) is 0 Å². The monoisotopic (exact) mass is 400 g/mol. The van der Waals surface area contributed by atoms with Crippen molar-refractivity contribution in [3.63, 3.8) is 0 Å². The van der Waals surface area contributed by atoms with Crippen molar-refractivity contribution in [3.8, 4) is 0 Å². The maximum Gasteiger partial charge on any atom is 0.313 e. The Morgan fingerprint density at radius 3 is 2.63 bits per heavy atom. The SMILES string of the molecule is Cc1ccc(C)c(NC(=O)C(=O)NCc2ccc(C(O)c3cccs3)s2)c1. The molecule has 0 aliphatic rings. The number of amides is 2. The van der Waals surface area contributed by atoms with Crippen LogP contribution < -0.4 is 10.6 Å². The zero-order valence-corrected chi connectivity index (χ0v) is 16.6. The average molecular weight is 401 g/mol. The number of hydrogen-bond donors (Lipinski definition) is 3. The van der Waals surface area contributed by atoms with Gasteiger partial charge in [0.2, 0.25) is 0 Å². The van der Waals surface area contributed by atoms with E-state index in [1.54, 1.807) is 0 Å². The molecule has 3 aromatic rings. The van der Waals surface area contributed by atoms with Crippen LogP contribution in [0, 0.1) is 13.8 Å². The Balaban J connectivity index is 1.56. The molecule has 0 spiro atoms. The number of anilines is 1. The Bertz CT molecular complexity index is 948. The first kappa shape index (κ1) is 19.3. The number of thiophene rings is 2. The van der Waals surface area contributed by atoms with E-state index >= 15 is 0 Å². The predicted octanol–water partition coefficient (Wildman–Crippen LogP) is 3.76. The van der Waals surface area contributed by atoms with Gasteiger partial charge in [0.15, 0.2) is 0 Å². The maximum atomic E-state index is 12.1. The lowest BCUT2D eigenvalue weighted by molar-refractivity contribution is -0.136. The molecule has 0 fully saturated rings. The van der Waals surface area contributed by atoms with Gasteiger partial charge in [-0.05, 0) is 54.6 Å². The minimum atomic E-state index is -0.695. The van der Waals surface area contributed by atoms with Gasteiger partial charge in [0.1, 0.15) is 6.10 Å². The first-order valence-electron chi connectivity index (χ1n) is 8.40. The Morgan fingerprint density at radius 2 is 1.89 bits per heavy atom. The van der Waals surface area contributed by atoms with Crippen molar-refractivity contribution in [2.24, 2.45) is 0 Å². The lowest BCUT2D eigenvalue weighted by Gasteiger charge is -2.09. The summed E-state index contributed by atoms with van der Waals surface area (Å²) in [7, 11) is 0. The van der Waals surface area contributed by atoms with E-state index in [2.05, 4.69) is 10.6 Å². The number of benzene rings is 1. The summed E-state index contributed by atoms with van der Waals surface area (Å²) in [6.45, 7) is 4.04. The van der Waals surface area contributed by atoms with Crippen molar-refractivity contribution in [3.05, 3.63) is 73.6 Å². The summed E-state index contributed by atoms with van der Waals surface area (Å²) in [6.07, 6.45) is -0.660. The molecule has 7 heteroatoms. The number of aliphatic hydroxyl groups excluding tert-OH is 1. The summed E-state index contributed by atoms with van der Waals surface area (Å²) < 4.78 is 0. The highest BCUT2D eigenvalue weighted by Crippen LogP contribution is 2.30. The number of aliphatic hydroxyl groups is 1. The molecule has 27 heavy (non-hydrogen) atoms. The standard InChI is InChI=1S/C20H20N2O3S2/c1-12-5-6-13(2)15(10-12)22-20(25)19(24)21-11-14-7-8-17(27-14)18(23)16-4-3-9-26-16/h3-10,18,23H,11H2,1-2H3,(H,21,24)(H,22,25). The van der Waals surface area contributed by atoms with E-state index in [0.717, 1.165) is 25.8 Å². The smallest absolute Gasteiger partial charge is 0.313 e. The third-order valence-electron chi connectivity index (χ3n) is 4.04. The van der Waals surface area contributed by atoms with E-state index in [-0.39, 0.29) is 6.54 Å². The van der Waals surface area contributed by atoms with Crippen LogP contribution in [0.2, 0.25) is 0 Å². The molecule has 5 nitrogen and oxygen atoms in total. The Labute approximate surface area is 165 Å². The number of carbonyl (C=O) groups is 2. The fourth-order valence-corrected chi connectivity index (χ4v) is 4.28. The van der Waals surface area contributed by atoms with Gasteiger partial charge in [-0.2, -0.15) is 0 Å².